The van der Waals surface area contributed by atoms with Gasteiger partial charge in [0.2, 0.25) is 5.91 Å². The van der Waals surface area contributed by atoms with Gasteiger partial charge in [0, 0.05) is 17.3 Å². The van der Waals surface area contributed by atoms with Crippen LogP contribution in [0.2, 0.25) is 0 Å². The van der Waals surface area contributed by atoms with E-state index in [0.717, 1.165) is 17.7 Å². The fourth-order valence-corrected chi connectivity index (χ4v) is 2.27. The molecular weight excluding hydrogens is 236 g/mol. The maximum atomic E-state index is 11.3. The summed E-state index contributed by atoms with van der Waals surface area (Å²) in [6, 6.07) is 6.07. The Morgan fingerprint density at radius 2 is 2.05 bits per heavy atom. The van der Waals surface area contributed by atoms with Crippen LogP contribution >= 0.6 is 0 Å². The van der Waals surface area contributed by atoms with Crippen molar-refractivity contribution in [2.45, 2.75) is 58.9 Å². The van der Waals surface area contributed by atoms with Crippen LogP contribution in [0.5, 0.6) is 0 Å². The van der Waals surface area contributed by atoms with Gasteiger partial charge in [-0.3, -0.25) is 4.79 Å². The third-order valence-corrected chi connectivity index (χ3v) is 3.49. The normalized spacial score (nSPS) is 12.2. The highest BCUT2D eigenvalue weighted by molar-refractivity contribution is 5.95. The number of nitrogens with two attached hydrogens (primary N) is 1. The van der Waals surface area contributed by atoms with E-state index in [1.807, 2.05) is 19.1 Å². The van der Waals surface area contributed by atoms with Crippen molar-refractivity contribution in [1.82, 2.24) is 0 Å². The fraction of sp³-hybridized carbons (Fsp3) is 0.562. The van der Waals surface area contributed by atoms with E-state index in [2.05, 4.69) is 19.2 Å². The lowest BCUT2D eigenvalue weighted by Gasteiger charge is -2.18. The highest BCUT2D eigenvalue weighted by Gasteiger charge is 2.10. The zero-order valence-corrected chi connectivity index (χ0v) is 12.3. The number of rotatable bonds is 8. The topological polar surface area (TPSA) is 55.1 Å². The van der Waals surface area contributed by atoms with Gasteiger partial charge < -0.3 is 11.1 Å². The van der Waals surface area contributed by atoms with Gasteiger partial charge >= 0.3 is 0 Å². The smallest absolute Gasteiger partial charge is 0.249 e. The average Bonchev–Trinajstić information content (AvgIpc) is 2.37. The van der Waals surface area contributed by atoms with E-state index in [-0.39, 0.29) is 5.91 Å². The van der Waals surface area contributed by atoms with Crippen LogP contribution in [0.25, 0.3) is 0 Å². The van der Waals surface area contributed by atoms with Gasteiger partial charge in [-0.2, -0.15) is 0 Å². The van der Waals surface area contributed by atoms with Crippen molar-refractivity contribution in [3.8, 4) is 0 Å². The van der Waals surface area contributed by atoms with Crippen LogP contribution in [0.15, 0.2) is 18.2 Å². The first kappa shape index (κ1) is 15.5. The molecular formula is C16H26N2O. The van der Waals surface area contributed by atoms with Crippen LogP contribution in [0.1, 0.15) is 61.9 Å². The van der Waals surface area contributed by atoms with Gasteiger partial charge in [0.25, 0.3) is 0 Å². The van der Waals surface area contributed by atoms with Gasteiger partial charge in [-0.05, 0) is 38.0 Å². The molecule has 0 heterocycles. The molecule has 3 N–H and O–H groups in total. The summed E-state index contributed by atoms with van der Waals surface area (Å²) in [6.45, 7) is 6.34. The maximum Gasteiger partial charge on any atom is 0.249 e. The van der Waals surface area contributed by atoms with Crippen molar-refractivity contribution >= 4 is 11.6 Å². The molecule has 0 aliphatic rings. The number of hydrogen-bond acceptors (Lipinski definition) is 2. The van der Waals surface area contributed by atoms with E-state index < -0.39 is 0 Å². The summed E-state index contributed by atoms with van der Waals surface area (Å²) < 4.78 is 0. The Labute approximate surface area is 116 Å². The van der Waals surface area contributed by atoms with Gasteiger partial charge in [0.05, 0.1) is 0 Å². The fourth-order valence-electron chi connectivity index (χ4n) is 2.27. The molecule has 106 valence electrons. The summed E-state index contributed by atoms with van der Waals surface area (Å²) in [5, 5.41) is 3.47. The second-order valence-corrected chi connectivity index (χ2v) is 5.24. The molecule has 0 saturated heterocycles. The molecule has 0 spiro atoms. The standard InChI is InChI=1S/C16H26N2O/c1-4-5-6-7-9-12(2)18-15-11-8-10-14(13(15)3)16(17)19/h8,10-12,18H,4-7,9H2,1-3H3,(H2,17,19). The molecule has 0 aliphatic heterocycles. The number of unbranched alkanes of at least 4 members (excludes halogenated alkanes) is 3. The van der Waals surface area contributed by atoms with Crippen molar-refractivity contribution in [1.29, 1.82) is 0 Å². The predicted octanol–water partition coefficient (Wildman–Crippen LogP) is 3.86. The SMILES string of the molecule is CCCCCCC(C)Nc1cccc(C(N)=O)c1C. The van der Waals surface area contributed by atoms with Crippen molar-refractivity contribution < 1.29 is 4.79 Å². The van der Waals surface area contributed by atoms with Crippen LogP contribution in [-0.4, -0.2) is 11.9 Å². The van der Waals surface area contributed by atoms with E-state index in [4.69, 9.17) is 5.73 Å². The van der Waals surface area contributed by atoms with Crippen LogP contribution in [-0.2, 0) is 0 Å². The molecule has 3 heteroatoms. The summed E-state index contributed by atoms with van der Waals surface area (Å²) in [5.74, 6) is -0.364. The lowest BCUT2D eigenvalue weighted by Crippen LogP contribution is -2.18. The molecule has 1 unspecified atom stereocenters. The first-order valence-electron chi connectivity index (χ1n) is 7.22. The molecule has 0 bridgehead atoms. The molecule has 0 aromatic heterocycles. The summed E-state index contributed by atoms with van der Waals surface area (Å²) in [5.41, 5.74) is 7.91. The molecule has 1 amide bonds. The summed E-state index contributed by atoms with van der Waals surface area (Å²) in [6.07, 6.45) is 6.27. The third-order valence-electron chi connectivity index (χ3n) is 3.49. The Balaban J connectivity index is 2.57. The Hall–Kier alpha value is -1.51. The van der Waals surface area contributed by atoms with Crippen LogP contribution in [0.4, 0.5) is 5.69 Å². The zero-order valence-electron chi connectivity index (χ0n) is 12.3. The van der Waals surface area contributed by atoms with Crippen molar-refractivity contribution in [3.63, 3.8) is 0 Å². The van der Waals surface area contributed by atoms with Gasteiger partial charge in [-0.25, -0.2) is 0 Å². The van der Waals surface area contributed by atoms with E-state index in [1.54, 1.807) is 6.07 Å². The minimum atomic E-state index is -0.364. The van der Waals surface area contributed by atoms with E-state index in [1.165, 1.54) is 25.7 Å². The predicted molar refractivity (Wildman–Crippen MR) is 81.5 cm³/mol. The van der Waals surface area contributed by atoms with Crippen LogP contribution in [0, 0.1) is 6.92 Å². The first-order valence-corrected chi connectivity index (χ1v) is 7.22. The average molecular weight is 262 g/mol. The molecule has 19 heavy (non-hydrogen) atoms. The molecule has 1 atom stereocenters. The Morgan fingerprint density at radius 3 is 2.68 bits per heavy atom. The molecule has 3 nitrogen and oxygen atoms in total. The first-order chi connectivity index (χ1) is 9.06. The minimum absolute atomic E-state index is 0.364. The molecule has 1 aromatic carbocycles. The molecule has 0 radical (unpaired) electrons. The number of nitrogens with one attached hydrogen (secondary N) is 1. The van der Waals surface area contributed by atoms with Gasteiger partial charge in [-0.15, -0.1) is 0 Å². The molecule has 0 fully saturated rings. The summed E-state index contributed by atoms with van der Waals surface area (Å²) in [4.78, 5) is 11.3. The van der Waals surface area contributed by atoms with E-state index in [0.29, 0.717) is 11.6 Å². The highest BCUT2D eigenvalue weighted by atomic mass is 16.1. The lowest BCUT2D eigenvalue weighted by atomic mass is 10.0. The van der Waals surface area contributed by atoms with Gasteiger partial charge in [0.1, 0.15) is 0 Å². The summed E-state index contributed by atoms with van der Waals surface area (Å²) in [7, 11) is 0. The number of carbonyl (C=O) groups is 1. The van der Waals surface area contributed by atoms with Gasteiger partial charge in [0.15, 0.2) is 0 Å². The minimum Gasteiger partial charge on any atom is -0.382 e. The highest BCUT2D eigenvalue weighted by Crippen LogP contribution is 2.20. The van der Waals surface area contributed by atoms with Gasteiger partial charge in [-0.1, -0.05) is 38.7 Å². The molecule has 1 rings (SSSR count). The number of carbonyl (C=O) groups excluding carboxylic acids is 1. The van der Waals surface area contributed by atoms with E-state index in [9.17, 15) is 4.79 Å². The largest absolute Gasteiger partial charge is 0.382 e. The van der Waals surface area contributed by atoms with Crippen LogP contribution in [0.3, 0.4) is 0 Å². The zero-order chi connectivity index (χ0) is 14.3. The molecule has 0 aliphatic carbocycles. The van der Waals surface area contributed by atoms with Crippen molar-refractivity contribution in [2.75, 3.05) is 5.32 Å². The lowest BCUT2D eigenvalue weighted by molar-refractivity contribution is 0.1000. The summed E-state index contributed by atoms with van der Waals surface area (Å²) >= 11 is 0. The molecule has 1 aromatic rings. The quantitative estimate of drug-likeness (QED) is 0.699. The number of hydrogen-bond donors (Lipinski definition) is 2. The third kappa shape index (κ3) is 4.93. The Morgan fingerprint density at radius 1 is 1.32 bits per heavy atom. The van der Waals surface area contributed by atoms with Crippen molar-refractivity contribution in [2.24, 2.45) is 5.73 Å². The number of amides is 1. The monoisotopic (exact) mass is 262 g/mol. The van der Waals surface area contributed by atoms with Crippen molar-refractivity contribution in [3.05, 3.63) is 29.3 Å². The number of primary amides is 1. The van der Waals surface area contributed by atoms with Crippen LogP contribution < -0.4 is 11.1 Å². The maximum absolute atomic E-state index is 11.3. The number of benzene rings is 1. The van der Waals surface area contributed by atoms with E-state index >= 15 is 0 Å². The second-order valence-electron chi connectivity index (χ2n) is 5.24. The Kier molecular flexibility index (Phi) is 6.40. The Bertz CT molecular complexity index is 415. The molecule has 0 saturated carbocycles. The second kappa shape index (κ2) is 7.82. The number of anilines is 1.